The van der Waals surface area contributed by atoms with E-state index in [4.69, 9.17) is 5.73 Å². The fraction of sp³-hybridized carbons (Fsp3) is 0.267. The summed E-state index contributed by atoms with van der Waals surface area (Å²) in [4.78, 5) is 16.3. The molecule has 3 N–H and O–H groups in total. The minimum absolute atomic E-state index is 0.327. The van der Waals surface area contributed by atoms with Crippen LogP contribution < -0.4 is 11.2 Å². The number of pyridine rings is 1. The lowest BCUT2D eigenvalue weighted by Crippen LogP contribution is -2.03. The Morgan fingerprint density at radius 3 is 2.95 bits per heavy atom. The SMILES string of the molecule is Bc1cnc2[nH]cc(-c3cc(CCCC)nc(N)n3)c2c1. The summed E-state index contributed by atoms with van der Waals surface area (Å²) in [6.07, 6.45) is 6.95. The summed E-state index contributed by atoms with van der Waals surface area (Å²) in [6, 6.07) is 4.13. The Bertz CT molecular complexity index is 781. The number of hydrogen-bond donors (Lipinski definition) is 2. The predicted molar refractivity (Wildman–Crippen MR) is 88.3 cm³/mol. The van der Waals surface area contributed by atoms with Gasteiger partial charge in [0.15, 0.2) is 0 Å². The zero-order chi connectivity index (χ0) is 14.8. The quantitative estimate of drug-likeness (QED) is 0.703. The minimum Gasteiger partial charge on any atom is -0.368 e. The van der Waals surface area contributed by atoms with Crippen molar-refractivity contribution in [3.05, 3.63) is 30.2 Å². The van der Waals surface area contributed by atoms with Gasteiger partial charge < -0.3 is 10.7 Å². The van der Waals surface area contributed by atoms with Crippen LogP contribution in [-0.2, 0) is 6.42 Å². The maximum absolute atomic E-state index is 5.86. The van der Waals surface area contributed by atoms with E-state index in [9.17, 15) is 0 Å². The third kappa shape index (κ3) is 2.74. The molecular weight excluding hydrogens is 261 g/mol. The van der Waals surface area contributed by atoms with Crippen LogP contribution >= 0.6 is 0 Å². The number of anilines is 1. The van der Waals surface area contributed by atoms with Gasteiger partial charge in [0, 0.05) is 29.0 Å². The molecule has 0 aromatic carbocycles. The van der Waals surface area contributed by atoms with Gasteiger partial charge in [-0.1, -0.05) is 24.9 Å². The fourth-order valence-electron chi connectivity index (χ4n) is 2.46. The molecule has 0 unspecified atom stereocenters. The average Bonchev–Trinajstić information content (AvgIpc) is 2.87. The van der Waals surface area contributed by atoms with Gasteiger partial charge in [-0.25, -0.2) is 15.0 Å². The first kappa shape index (κ1) is 13.6. The van der Waals surface area contributed by atoms with Crippen LogP contribution in [0.5, 0.6) is 0 Å². The van der Waals surface area contributed by atoms with E-state index in [1.54, 1.807) is 0 Å². The van der Waals surface area contributed by atoms with Crippen LogP contribution in [-0.4, -0.2) is 27.8 Å². The van der Waals surface area contributed by atoms with E-state index < -0.39 is 0 Å². The molecule has 106 valence electrons. The van der Waals surface area contributed by atoms with Gasteiger partial charge in [0.1, 0.15) is 13.5 Å². The van der Waals surface area contributed by atoms with Crippen molar-refractivity contribution >= 4 is 30.3 Å². The summed E-state index contributed by atoms with van der Waals surface area (Å²) in [7, 11) is 2.03. The van der Waals surface area contributed by atoms with Gasteiger partial charge in [0.2, 0.25) is 5.95 Å². The Kier molecular flexibility index (Phi) is 3.60. The van der Waals surface area contributed by atoms with E-state index in [0.29, 0.717) is 5.95 Å². The zero-order valence-corrected chi connectivity index (χ0v) is 12.3. The van der Waals surface area contributed by atoms with Crippen molar-refractivity contribution in [3.8, 4) is 11.3 Å². The molecule has 0 saturated heterocycles. The first-order valence-electron chi connectivity index (χ1n) is 7.25. The normalized spacial score (nSPS) is 11.1. The van der Waals surface area contributed by atoms with Crippen LogP contribution in [0.2, 0.25) is 0 Å². The van der Waals surface area contributed by atoms with E-state index in [2.05, 4.69) is 32.9 Å². The van der Waals surface area contributed by atoms with Crippen molar-refractivity contribution in [2.75, 3.05) is 5.73 Å². The third-order valence-electron chi connectivity index (χ3n) is 3.53. The zero-order valence-electron chi connectivity index (χ0n) is 12.3. The van der Waals surface area contributed by atoms with Crippen LogP contribution in [0.15, 0.2) is 24.5 Å². The first-order valence-corrected chi connectivity index (χ1v) is 7.25. The van der Waals surface area contributed by atoms with E-state index in [0.717, 1.165) is 52.7 Å². The molecule has 0 fully saturated rings. The largest absolute Gasteiger partial charge is 0.368 e. The van der Waals surface area contributed by atoms with Crippen molar-refractivity contribution in [2.45, 2.75) is 26.2 Å². The number of fused-ring (bicyclic) bond motifs is 1. The number of nitrogens with zero attached hydrogens (tertiary/aromatic N) is 3. The molecule has 3 heterocycles. The van der Waals surface area contributed by atoms with Crippen LogP contribution in [0.1, 0.15) is 25.5 Å². The summed E-state index contributed by atoms with van der Waals surface area (Å²) in [5, 5.41) is 1.06. The number of unbranched alkanes of at least 4 members (excludes halogenated alkanes) is 1. The van der Waals surface area contributed by atoms with Gasteiger partial charge in [-0.2, -0.15) is 0 Å². The lowest BCUT2D eigenvalue weighted by molar-refractivity contribution is 0.775. The molecule has 0 radical (unpaired) electrons. The molecule has 0 saturated carbocycles. The lowest BCUT2D eigenvalue weighted by atomic mass is 9.97. The molecular formula is C15H18BN5. The highest BCUT2D eigenvalue weighted by molar-refractivity contribution is 6.33. The molecule has 0 aliphatic carbocycles. The highest BCUT2D eigenvalue weighted by atomic mass is 15.0. The summed E-state index contributed by atoms with van der Waals surface area (Å²) < 4.78 is 0. The number of H-pyrrole nitrogens is 1. The smallest absolute Gasteiger partial charge is 0.220 e. The van der Waals surface area contributed by atoms with Gasteiger partial charge in [-0.15, -0.1) is 0 Å². The maximum Gasteiger partial charge on any atom is 0.220 e. The number of rotatable bonds is 4. The second kappa shape index (κ2) is 5.56. The Hall–Kier alpha value is -2.37. The molecule has 3 aromatic heterocycles. The van der Waals surface area contributed by atoms with Crippen molar-refractivity contribution in [1.82, 2.24) is 19.9 Å². The Labute approximate surface area is 124 Å². The predicted octanol–water partition coefficient (Wildman–Crippen LogP) is 1.20. The highest BCUT2D eigenvalue weighted by Gasteiger charge is 2.11. The number of nitrogens with two attached hydrogens (primary N) is 1. The minimum atomic E-state index is 0.327. The molecule has 0 spiro atoms. The van der Waals surface area contributed by atoms with Crippen molar-refractivity contribution < 1.29 is 0 Å². The summed E-state index contributed by atoms with van der Waals surface area (Å²) >= 11 is 0. The van der Waals surface area contributed by atoms with Gasteiger partial charge in [-0.05, 0) is 18.9 Å². The molecule has 21 heavy (non-hydrogen) atoms. The number of aromatic nitrogens is 4. The van der Waals surface area contributed by atoms with E-state index in [1.807, 2.05) is 26.3 Å². The summed E-state index contributed by atoms with van der Waals surface area (Å²) in [5.41, 5.74) is 10.7. The molecule has 3 rings (SSSR count). The average molecular weight is 279 g/mol. The van der Waals surface area contributed by atoms with E-state index >= 15 is 0 Å². The number of nitrogens with one attached hydrogen (secondary N) is 1. The number of aromatic amines is 1. The van der Waals surface area contributed by atoms with Crippen molar-refractivity contribution in [1.29, 1.82) is 0 Å². The monoisotopic (exact) mass is 279 g/mol. The summed E-state index contributed by atoms with van der Waals surface area (Å²) in [6.45, 7) is 2.17. The van der Waals surface area contributed by atoms with Gasteiger partial charge in [0.05, 0.1) is 5.69 Å². The van der Waals surface area contributed by atoms with Gasteiger partial charge >= 0.3 is 0 Å². The standard InChI is InChI=1S/C15H18BN5/c1-2-3-4-10-6-13(21-15(17)20-10)12-8-19-14-11(12)5-9(16)7-18-14/h5-8H,2-4,16H2,1H3,(H,18,19)(H2,17,20,21). The van der Waals surface area contributed by atoms with Gasteiger partial charge in [0.25, 0.3) is 0 Å². The Morgan fingerprint density at radius 2 is 2.14 bits per heavy atom. The molecule has 6 heteroatoms. The van der Waals surface area contributed by atoms with Crippen LogP contribution in [0.3, 0.4) is 0 Å². The molecule has 0 aliphatic heterocycles. The fourth-order valence-corrected chi connectivity index (χ4v) is 2.46. The van der Waals surface area contributed by atoms with Crippen molar-refractivity contribution in [2.24, 2.45) is 0 Å². The molecule has 3 aromatic rings. The van der Waals surface area contributed by atoms with Crippen LogP contribution in [0.4, 0.5) is 5.95 Å². The van der Waals surface area contributed by atoms with Gasteiger partial charge in [-0.3, -0.25) is 0 Å². The maximum atomic E-state index is 5.86. The lowest BCUT2D eigenvalue weighted by Gasteiger charge is -2.05. The molecule has 0 aliphatic rings. The first-order chi connectivity index (χ1) is 10.2. The number of aryl methyl sites for hydroxylation is 1. The molecule has 0 atom stereocenters. The number of hydrogen-bond acceptors (Lipinski definition) is 4. The van der Waals surface area contributed by atoms with Crippen molar-refractivity contribution in [3.63, 3.8) is 0 Å². The molecule has 5 nitrogen and oxygen atoms in total. The topological polar surface area (TPSA) is 80.5 Å². The van der Waals surface area contributed by atoms with E-state index in [1.165, 1.54) is 0 Å². The second-order valence-corrected chi connectivity index (χ2v) is 5.32. The van der Waals surface area contributed by atoms with E-state index in [-0.39, 0.29) is 0 Å². The highest BCUT2D eigenvalue weighted by Crippen LogP contribution is 2.26. The molecule has 0 amide bonds. The Balaban J connectivity index is 2.09. The third-order valence-corrected chi connectivity index (χ3v) is 3.53. The number of nitrogen functional groups attached to an aromatic ring is 1. The van der Waals surface area contributed by atoms with Crippen LogP contribution in [0.25, 0.3) is 22.3 Å². The Morgan fingerprint density at radius 1 is 1.29 bits per heavy atom. The molecule has 0 bridgehead atoms. The van der Waals surface area contributed by atoms with Crippen LogP contribution in [0, 0.1) is 0 Å². The summed E-state index contributed by atoms with van der Waals surface area (Å²) in [5.74, 6) is 0.327. The second-order valence-electron chi connectivity index (χ2n) is 5.32.